The van der Waals surface area contributed by atoms with Gasteiger partial charge in [0, 0.05) is 6.42 Å². The lowest BCUT2D eigenvalue weighted by Crippen LogP contribution is -2.60. The number of nitrogens with one attached hydrogen (secondary N) is 1. The molecule has 1 aliphatic heterocycles. The number of hydrogen-bond donors (Lipinski definition) is 6. The summed E-state index contributed by atoms with van der Waals surface area (Å²) in [5.41, 5.74) is 0. The average molecular weight is 1170 g/mol. The van der Waals surface area contributed by atoms with Crippen LogP contribution in [0.5, 0.6) is 0 Å². The molecule has 478 valence electrons. The van der Waals surface area contributed by atoms with Gasteiger partial charge in [-0.25, -0.2) is 0 Å². The second kappa shape index (κ2) is 62.1. The molecule has 7 atom stereocenters. The molecule has 0 saturated carbocycles. The number of unbranched alkanes of at least 4 members (excludes halogenated alkanes) is 25. The number of amides is 1. The van der Waals surface area contributed by atoms with Crippen molar-refractivity contribution >= 4 is 5.91 Å². The number of carbonyl (C=O) groups is 1. The minimum atomic E-state index is -1.58. The first-order valence-electron chi connectivity index (χ1n) is 34.1. The van der Waals surface area contributed by atoms with Gasteiger partial charge < -0.3 is 40.3 Å². The van der Waals surface area contributed by atoms with Crippen LogP contribution in [0.2, 0.25) is 0 Å². The number of rotatable bonds is 57. The zero-order valence-electron chi connectivity index (χ0n) is 53.4. The number of hydrogen-bond acceptors (Lipinski definition) is 8. The van der Waals surface area contributed by atoms with E-state index in [2.05, 4.69) is 153 Å². The van der Waals surface area contributed by atoms with Crippen molar-refractivity contribution in [2.24, 2.45) is 0 Å². The molecular formula is C75H125NO8. The fourth-order valence-electron chi connectivity index (χ4n) is 9.87. The molecule has 0 aromatic heterocycles. The molecule has 0 radical (unpaired) electrons. The molecule has 0 bridgehead atoms. The molecule has 9 nitrogen and oxygen atoms in total. The van der Waals surface area contributed by atoms with Gasteiger partial charge in [-0.05, 0) is 103 Å². The van der Waals surface area contributed by atoms with E-state index >= 15 is 0 Å². The summed E-state index contributed by atoms with van der Waals surface area (Å²) >= 11 is 0. The molecule has 7 unspecified atom stereocenters. The van der Waals surface area contributed by atoms with Gasteiger partial charge in [0.25, 0.3) is 0 Å². The molecule has 0 aromatic rings. The minimum absolute atomic E-state index is 0.199. The molecule has 1 saturated heterocycles. The van der Waals surface area contributed by atoms with E-state index in [9.17, 15) is 30.3 Å². The lowest BCUT2D eigenvalue weighted by molar-refractivity contribution is -0.302. The molecule has 0 aromatic carbocycles. The van der Waals surface area contributed by atoms with E-state index in [0.29, 0.717) is 6.42 Å². The monoisotopic (exact) mass is 1170 g/mol. The van der Waals surface area contributed by atoms with Crippen molar-refractivity contribution in [3.8, 4) is 0 Å². The third-order valence-corrected chi connectivity index (χ3v) is 15.2. The second-order valence-electron chi connectivity index (χ2n) is 22.9. The summed E-state index contributed by atoms with van der Waals surface area (Å²) < 4.78 is 11.3. The fraction of sp³-hybridized carbons (Fsp3) is 0.667. The van der Waals surface area contributed by atoms with Crippen molar-refractivity contribution in [1.29, 1.82) is 0 Å². The second-order valence-corrected chi connectivity index (χ2v) is 22.9. The Balaban J connectivity index is 2.20. The Labute approximate surface area is 514 Å². The topological polar surface area (TPSA) is 149 Å². The molecule has 1 fully saturated rings. The van der Waals surface area contributed by atoms with Crippen LogP contribution in [0.15, 0.2) is 146 Å². The van der Waals surface area contributed by atoms with Gasteiger partial charge in [0.2, 0.25) is 5.91 Å². The number of ether oxygens (including phenoxy) is 2. The summed E-state index contributed by atoms with van der Waals surface area (Å²) in [4.78, 5) is 13.1. The Hall–Kier alpha value is -3.93. The van der Waals surface area contributed by atoms with Crippen LogP contribution in [-0.4, -0.2) is 87.5 Å². The van der Waals surface area contributed by atoms with Gasteiger partial charge in [0.1, 0.15) is 24.4 Å². The summed E-state index contributed by atoms with van der Waals surface area (Å²) in [6.07, 6.45) is 89.3. The standard InChI is InChI=1S/C75H125NO8/c1-3-5-7-9-11-13-15-17-19-21-23-25-27-28-29-30-31-32-33-34-35-36-37-38-39-40-41-42-43-45-47-49-51-53-55-57-59-61-63-65-71(79)76-68(67-83-75-74(82)73(81)72(80)70(66-77)84-75)69(78)64-62-60-58-56-54-52-50-48-46-44-26-24-22-20-18-16-14-12-10-8-6-4-2/h5,7,11,13,17,19,23,25,28-29,31-32,34-35,37-38,40-41,43,45,49,51,62,64,68-70,72-75,77-78,80-82H,3-4,6,8-10,12,14-16,18,20-22,24,26-27,30,33,36,39,42,44,46-48,50,52-61,63,65-67H2,1-2H3,(H,76,79)/b7-5-,13-11-,19-17-,25-23-,29-28-,32-31-,35-34-,38-37-,41-40-,45-43-,51-49-,64-62+. The zero-order valence-corrected chi connectivity index (χ0v) is 53.4. The molecule has 1 heterocycles. The van der Waals surface area contributed by atoms with Crippen molar-refractivity contribution in [3.63, 3.8) is 0 Å². The molecule has 9 heteroatoms. The van der Waals surface area contributed by atoms with Gasteiger partial charge in [0.05, 0.1) is 25.4 Å². The molecule has 0 aliphatic carbocycles. The van der Waals surface area contributed by atoms with Crippen LogP contribution in [0.25, 0.3) is 0 Å². The first-order valence-corrected chi connectivity index (χ1v) is 34.1. The zero-order chi connectivity index (χ0) is 60.7. The Morgan fingerprint density at radius 1 is 0.417 bits per heavy atom. The van der Waals surface area contributed by atoms with Gasteiger partial charge in [-0.3, -0.25) is 4.79 Å². The largest absolute Gasteiger partial charge is 0.394 e. The normalized spacial score (nSPS) is 19.2. The smallest absolute Gasteiger partial charge is 0.220 e. The number of aliphatic hydroxyl groups excluding tert-OH is 5. The quantitative estimate of drug-likeness (QED) is 0.0261. The Bertz CT molecular complexity index is 1830. The lowest BCUT2D eigenvalue weighted by Gasteiger charge is -2.40. The maximum Gasteiger partial charge on any atom is 0.220 e. The van der Waals surface area contributed by atoms with Crippen LogP contribution in [-0.2, 0) is 14.3 Å². The van der Waals surface area contributed by atoms with Gasteiger partial charge in [-0.2, -0.15) is 0 Å². The lowest BCUT2D eigenvalue weighted by atomic mass is 9.99. The third kappa shape index (κ3) is 50.2. The van der Waals surface area contributed by atoms with Gasteiger partial charge in [-0.15, -0.1) is 0 Å². The van der Waals surface area contributed by atoms with E-state index in [1.165, 1.54) is 116 Å². The predicted octanol–water partition coefficient (Wildman–Crippen LogP) is 18.6. The van der Waals surface area contributed by atoms with Crippen molar-refractivity contribution in [2.45, 2.75) is 307 Å². The van der Waals surface area contributed by atoms with Crippen molar-refractivity contribution in [3.05, 3.63) is 146 Å². The highest BCUT2D eigenvalue weighted by atomic mass is 16.7. The van der Waals surface area contributed by atoms with Crippen LogP contribution in [0.4, 0.5) is 0 Å². The van der Waals surface area contributed by atoms with E-state index in [1.54, 1.807) is 6.08 Å². The van der Waals surface area contributed by atoms with E-state index in [4.69, 9.17) is 9.47 Å². The third-order valence-electron chi connectivity index (χ3n) is 15.2. The first kappa shape index (κ1) is 78.1. The van der Waals surface area contributed by atoms with E-state index in [0.717, 1.165) is 128 Å². The number of allylic oxidation sites excluding steroid dienone is 23. The van der Waals surface area contributed by atoms with Gasteiger partial charge in [0.15, 0.2) is 6.29 Å². The predicted molar refractivity (Wildman–Crippen MR) is 359 cm³/mol. The molecule has 1 rings (SSSR count). The highest BCUT2D eigenvalue weighted by Crippen LogP contribution is 2.23. The van der Waals surface area contributed by atoms with E-state index in [1.807, 2.05) is 6.08 Å². The molecular weight excluding hydrogens is 1040 g/mol. The average Bonchev–Trinajstić information content (AvgIpc) is 3.70. The minimum Gasteiger partial charge on any atom is -0.394 e. The molecule has 1 aliphatic rings. The molecule has 0 spiro atoms. The molecule has 84 heavy (non-hydrogen) atoms. The molecule has 6 N–H and O–H groups in total. The van der Waals surface area contributed by atoms with Crippen LogP contribution >= 0.6 is 0 Å². The van der Waals surface area contributed by atoms with Crippen LogP contribution in [0, 0.1) is 0 Å². The van der Waals surface area contributed by atoms with Crippen LogP contribution < -0.4 is 5.32 Å². The highest BCUT2D eigenvalue weighted by Gasteiger charge is 2.44. The number of carbonyl (C=O) groups excluding carboxylic acids is 1. The Morgan fingerprint density at radius 2 is 0.738 bits per heavy atom. The first-order chi connectivity index (χ1) is 41.3. The SMILES string of the molecule is CC/C=C\C/C=C\C/C=C\C/C=C\C/C=C\C/C=C\C/C=C\C/C=C\C/C=C\C/C=C\C/C=C\CCCCCCCC(=O)NC(COC1OC(CO)C(O)C(O)C1O)C(O)/C=C/CCCCCCCCCCCCCCCCCCCCCC. The van der Waals surface area contributed by atoms with Crippen molar-refractivity contribution in [2.75, 3.05) is 13.2 Å². The Kier molecular flexibility index (Phi) is 57.8. The van der Waals surface area contributed by atoms with Crippen LogP contribution in [0.3, 0.4) is 0 Å². The van der Waals surface area contributed by atoms with Crippen molar-refractivity contribution < 1.29 is 39.8 Å². The maximum absolute atomic E-state index is 13.1. The summed E-state index contributed by atoms with van der Waals surface area (Å²) in [6, 6.07) is -0.828. The van der Waals surface area contributed by atoms with Gasteiger partial charge >= 0.3 is 0 Å². The fourth-order valence-corrected chi connectivity index (χ4v) is 9.87. The maximum atomic E-state index is 13.1. The summed E-state index contributed by atoms with van der Waals surface area (Å²) in [5.74, 6) is -0.199. The number of aliphatic hydroxyl groups is 5. The summed E-state index contributed by atoms with van der Waals surface area (Å²) in [7, 11) is 0. The summed E-state index contributed by atoms with van der Waals surface area (Å²) in [6.45, 7) is 3.66. The summed E-state index contributed by atoms with van der Waals surface area (Å²) in [5, 5.41) is 54.7. The Morgan fingerprint density at radius 3 is 1.10 bits per heavy atom. The van der Waals surface area contributed by atoms with Crippen LogP contribution in [0.1, 0.15) is 264 Å². The van der Waals surface area contributed by atoms with E-state index < -0.39 is 49.5 Å². The van der Waals surface area contributed by atoms with E-state index in [-0.39, 0.29) is 12.5 Å². The van der Waals surface area contributed by atoms with Gasteiger partial charge in [-0.1, -0.05) is 301 Å². The van der Waals surface area contributed by atoms with Crippen molar-refractivity contribution in [1.82, 2.24) is 5.32 Å². The highest BCUT2D eigenvalue weighted by molar-refractivity contribution is 5.76. The molecule has 1 amide bonds.